The minimum absolute atomic E-state index is 0.486. The molecule has 0 radical (unpaired) electrons. The van der Waals surface area contributed by atoms with E-state index in [9.17, 15) is 0 Å². The average Bonchev–Trinajstić information content (AvgIpc) is 3.01. The summed E-state index contributed by atoms with van der Waals surface area (Å²) in [6, 6.07) is 7.37. The number of ether oxygens (including phenoxy) is 2. The lowest BCUT2D eigenvalue weighted by molar-refractivity contribution is 0.405. The maximum atomic E-state index is 5.35. The highest BCUT2D eigenvalue weighted by Crippen LogP contribution is 2.31. The van der Waals surface area contributed by atoms with Crippen molar-refractivity contribution in [2.75, 3.05) is 19.5 Å². The minimum Gasteiger partial charge on any atom is -0.497 e. The molecule has 0 unspecified atom stereocenters. The number of nitrogens with one attached hydrogen (secondary N) is 1. The number of methoxy groups -OCH3 is 2. The van der Waals surface area contributed by atoms with Crippen LogP contribution in [-0.2, 0) is 0 Å². The lowest BCUT2D eigenvalue weighted by Crippen LogP contribution is -2.00. The predicted molar refractivity (Wildman–Crippen MR) is 90.7 cm³/mol. The van der Waals surface area contributed by atoms with E-state index in [0.29, 0.717) is 11.7 Å². The normalized spacial score (nSPS) is 10.4. The number of benzene rings is 1. The quantitative estimate of drug-likeness (QED) is 0.770. The Hall–Kier alpha value is -2.67. The third kappa shape index (κ3) is 3.40. The van der Waals surface area contributed by atoms with Crippen LogP contribution in [0.15, 0.2) is 36.7 Å². The average molecular weight is 328 g/mol. The fourth-order valence-corrected chi connectivity index (χ4v) is 2.82. The summed E-state index contributed by atoms with van der Waals surface area (Å²) < 4.78 is 10.6. The maximum absolute atomic E-state index is 5.35. The van der Waals surface area contributed by atoms with Crippen LogP contribution in [0.1, 0.15) is 5.01 Å². The molecule has 2 aromatic heterocycles. The van der Waals surface area contributed by atoms with Crippen molar-refractivity contribution in [1.82, 2.24) is 15.0 Å². The molecule has 0 aliphatic rings. The lowest BCUT2D eigenvalue weighted by Gasteiger charge is -2.11. The third-order valence-electron chi connectivity index (χ3n) is 3.18. The SMILES string of the molecule is COc1ccc(OC)c(Nc2nccc(-c3cnc(C)s3)n2)c1. The lowest BCUT2D eigenvalue weighted by atomic mass is 10.2. The van der Waals surface area contributed by atoms with Gasteiger partial charge in [-0.1, -0.05) is 0 Å². The van der Waals surface area contributed by atoms with Crippen molar-refractivity contribution in [2.24, 2.45) is 0 Å². The number of hydrogen-bond donors (Lipinski definition) is 1. The van der Waals surface area contributed by atoms with E-state index in [2.05, 4.69) is 20.3 Å². The molecule has 0 fully saturated rings. The topological polar surface area (TPSA) is 69.2 Å². The fraction of sp³-hybridized carbons (Fsp3) is 0.188. The zero-order valence-electron chi connectivity index (χ0n) is 13.0. The van der Waals surface area contributed by atoms with Crippen molar-refractivity contribution >= 4 is 23.0 Å². The Kier molecular flexibility index (Phi) is 4.38. The molecular weight excluding hydrogens is 312 g/mol. The summed E-state index contributed by atoms with van der Waals surface area (Å²) in [6.07, 6.45) is 3.53. The van der Waals surface area contributed by atoms with Gasteiger partial charge < -0.3 is 14.8 Å². The van der Waals surface area contributed by atoms with Crippen molar-refractivity contribution in [2.45, 2.75) is 6.92 Å². The van der Waals surface area contributed by atoms with Crippen LogP contribution in [0, 0.1) is 6.92 Å². The zero-order chi connectivity index (χ0) is 16.2. The first-order valence-corrected chi connectivity index (χ1v) is 7.76. The number of hydrogen-bond acceptors (Lipinski definition) is 7. The first-order valence-electron chi connectivity index (χ1n) is 6.94. The minimum atomic E-state index is 0.486. The summed E-state index contributed by atoms with van der Waals surface area (Å²) in [6.45, 7) is 1.97. The van der Waals surface area contributed by atoms with E-state index < -0.39 is 0 Å². The van der Waals surface area contributed by atoms with E-state index >= 15 is 0 Å². The van der Waals surface area contributed by atoms with Crippen molar-refractivity contribution in [3.8, 4) is 22.1 Å². The number of rotatable bonds is 5. The van der Waals surface area contributed by atoms with Gasteiger partial charge in [-0.05, 0) is 25.1 Å². The second-order valence-corrected chi connectivity index (χ2v) is 5.94. The number of aromatic nitrogens is 3. The van der Waals surface area contributed by atoms with Crippen LogP contribution in [0.4, 0.5) is 11.6 Å². The van der Waals surface area contributed by atoms with Crippen LogP contribution in [-0.4, -0.2) is 29.2 Å². The molecule has 0 bridgehead atoms. The van der Waals surface area contributed by atoms with Crippen molar-refractivity contribution in [3.63, 3.8) is 0 Å². The number of anilines is 2. The van der Waals surface area contributed by atoms with Crippen LogP contribution in [0.25, 0.3) is 10.6 Å². The number of aryl methyl sites for hydroxylation is 1. The molecule has 6 nitrogen and oxygen atoms in total. The summed E-state index contributed by atoms with van der Waals surface area (Å²) in [4.78, 5) is 14.1. The molecule has 7 heteroatoms. The Morgan fingerprint density at radius 1 is 1.09 bits per heavy atom. The Balaban J connectivity index is 1.91. The number of thiazole rings is 1. The molecule has 2 heterocycles. The molecular formula is C16H16N4O2S. The second kappa shape index (κ2) is 6.62. The zero-order valence-corrected chi connectivity index (χ0v) is 13.8. The van der Waals surface area contributed by atoms with Gasteiger partial charge in [0, 0.05) is 18.5 Å². The van der Waals surface area contributed by atoms with E-state index in [1.807, 2.05) is 37.4 Å². The molecule has 118 valence electrons. The standard InChI is InChI=1S/C16H16N4O2S/c1-10-18-9-15(23-10)12-6-7-17-16(19-12)20-13-8-11(21-2)4-5-14(13)22-3/h4-9H,1-3H3,(H,17,19,20). The highest BCUT2D eigenvalue weighted by molar-refractivity contribution is 7.15. The van der Waals surface area contributed by atoms with Crippen LogP contribution in [0.2, 0.25) is 0 Å². The van der Waals surface area contributed by atoms with Crippen molar-refractivity contribution in [1.29, 1.82) is 0 Å². The molecule has 0 aliphatic carbocycles. The summed E-state index contributed by atoms with van der Waals surface area (Å²) >= 11 is 1.60. The van der Waals surface area contributed by atoms with Gasteiger partial charge in [-0.25, -0.2) is 15.0 Å². The first kappa shape index (κ1) is 15.2. The van der Waals surface area contributed by atoms with Crippen molar-refractivity contribution < 1.29 is 9.47 Å². The van der Waals surface area contributed by atoms with Gasteiger partial charge in [0.2, 0.25) is 5.95 Å². The molecule has 1 N–H and O–H groups in total. The molecule has 23 heavy (non-hydrogen) atoms. The van der Waals surface area contributed by atoms with Gasteiger partial charge in [-0.2, -0.15) is 0 Å². The van der Waals surface area contributed by atoms with Crippen LogP contribution in [0.5, 0.6) is 11.5 Å². The van der Waals surface area contributed by atoms with E-state index in [1.54, 1.807) is 31.8 Å². The van der Waals surface area contributed by atoms with E-state index in [1.165, 1.54) is 0 Å². The molecule has 0 amide bonds. The van der Waals surface area contributed by atoms with E-state index in [4.69, 9.17) is 9.47 Å². The molecule has 3 rings (SSSR count). The molecule has 0 saturated heterocycles. The number of nitrogens with zero attached hydrogens (tertiary/aromatic N) is 3. The van der Waals surface area contributed by atoms with Gasteiger partial charge in [0.25, 0.3) is 0 Å². The molecule has 0 spiro atoms. The van der Waals surface area contributed by atoms with Gasteiger partial charge in [-0.15, -0.1) is 11.3 Å². The predicted octanol–water partition coefficient (Wildman–Crippen LogP) is 3.67. The molecule has 0 atom stereocenters. The Morgan fingerprint density at radius 2 is 1.96 bits per heavy atom. The molecule has 0 aliphatic heterocycles. The third-order valence-corrected chi connectivity index (χ3v) is 4.12. The summed E-state index contributed by atoms with van der Waals surface area (Å²) in [7, 11) is 3.24. The van der Waals surface area contributed by atoms with Crippen LogP contribution >= 0.6 is 11.3 Å². The monoisotopic (exact) mass is 328 g/mol. The highest BCUT2D eigenvalue weighted by atomic mass is 32.1. The van der Waals surface area contributed by atoms with Gasteiger partial charge in [0.15, 0.2) is 0 Å². The van der Waals surface area contributed by atoms with Gasteiger partial charge in [-0.3, -0.25) is 0 Å². The summed E-state index contributed by atoms with van der Waals surface area (Å²) in [5.41, 5.74) is 1.57. The molecule has 3 aromatic rings. The van der Waals surface area contributed by atoms with Gasteiger partial charge in [0.05, 0.1) is 35.5 Å². The molecule has 0 saturated carbocycles. The summed E-state index contributed by atoms with van der Waals surface area (Å²) in [5, 5.41) is 4.17. The van der Waals surface area contributed by atoms with Gasteiger partial charge in [0.1, 0.15) is 11.5 Å². The van der Waals surface area contributed by atoms with Crippen molar-refractivity contribution in [3.05, 3.63) is 41.7 Å². The van der Waals surface area contributed by atoms with Crippen LogP contribution < -0.4 is 14.8 Å². The largest absolute Gasteiger partial charge is 0.497 e. The Labute approximate surface area is 138 Å². The Morgan fingerprint density at radius 3 is 2.65 bits per heavy atom. The van der Waals surface area contributed by atoms with E-state index in [0.717, 1.165) is 27.0 Å². The molecule has 1 aromatic carbocycles. The van der Waals surface area contributed by atoms with E-state index in [-0.39, 0.29) is 0 Å². The first-order chi connectivity index (χ1) is 11.2. The Bertz CT molecular complexity index is 819. The smallest absolute Gasteiger partial charge is 0.227 e. The fourth-order valence-electron chi connectivity index (χ4n) is 2.07. The van der Waals surface area contributed by atoms with Crippen LogP contribution in [0.3, 0.4) is 0 Å². The van der Waals surface area contributed by atoms with Gasteiger partial charge >= 0.3 is 0 Å². The highest BCUT2D eigenvalue weighted by Gasteiger charge is 2.09. The summed E-state index contributed by atoms with van der Waals surface area (Å²) in [5.74, 6) is 1.90. The maximum Gasteiger partial charge on any atom is 0.227 e. The second-order valence-electron chi connectivity index (χ2n) is 4.70.